The molecule has 186 valence electrons. The summed E-state index contributed by atoms with van der Waals surface area (Å²) in [5.74, 6) is -0.0184. The van der Waals surface area contributed by atoms with Gasteiger partial charge in [-0.2, -0.15) is 0 Å². The molecule has 2 heterocycles. The second kappa shape index (κ2) is 11.5. The summed E-state index contributed by atoms with van der Waals surface area (Å²) >= 11 is 0. The second-order valence-electron chi connectivity index (χ2n) is 7.76. The summed E-state index contributed by atoms with van der Waals surface area (Å²) in [7, 11) is 1.52. The highest BCUT2D eigenvalue weighted by molar-refractivity contribution is 6.05. The lowest BCUT2D eigenvalue weighted by Gasteiger charge is -2.11. The van der Waals surface area contributed by atoms with Crippen LogP contribution >= 0.6 is 0 Å². The summed E-state index contributed by atoms with van der Waals surface area (Å²) in [5, 5.41) is 16.8. The lowest BCUT2D eigenvalue weighted by molar-refractivity contribution is -0.384. The third-order valence-corrected chi connectivity index (χ3v) is 5.33. The molecule has 0 saturated heterocycles. The predicted molar refractivity (Wildman–Crippen MR) is 135 cm³/mol. The van der Waals surface area contributed by atoms with Crippen molar-refractivity contribution in [2.45, 2.75) is 6.54 Å². The number of methoxy groups -OCH3 is 1. The number of hydrogen-bond donors (Lipinski definition) is 2. The number of nitro benzene ring substituents is 1. The molecule has 10 nitrogen and oxygen atoms in total. The molecule has 4 rings (SSSR count). The van der Waals surface area contributed by atoms with Crippen molar-refractivity contribution < 1.29 is 23.7 Å². The quantitative estimate of drug-likeness (QED) is 0.199. The number of nitrogens with one attached hydrogen (secondary N) is 2. The van der Waals surface area contributed by atoms with Gasteiger partial charge in [0.2, 0.25) is 0 Å². The third kappa shape index (κ3) is 6.25. The molecule has 4 aromatic rings. The molecule has 0 spiro atoms. The van der Waals surface area contributed by atoms with Crippen molar-refractivity contribution in [3.63, 3.8) is 0 Å². The number of carbonyl (C=O) groups excluding carboxylic acids is 2. The van der Waals surface area contributed by atoms with E-state index < -0.39 is 16.7 Å². The van der Waals surface area contributed by atoms with Crippen molar-refractivity contribution in [3.05, 3.63) is 118 Å². The van der Waals surface area contributed by atoms with E-state index in [0.29, 0.717) is 11.3 Å². The van der Waals surface area contributed by atoms with Crippen LogP contribution in [0.5, 0.6) is 5.75 Å². The summed E-state index contributed by atoms with van der Waals surface area (Å²) in [6.45, 7) is 0.205. The number of furan rings is 1. The predicted octanol–water partition coefficient (Wildman–Crippen LogP) is 4.35. The Kier molecular flexibility index (Phi) is 7.69. The van der Waals surface area contributed by atoms with Gasteiger partial charge in [-0.1, -0.05) is 12.1 Å². The minimum atomic E-state index is -0.553. The maximum absolute atomic E-state index is 13.0. The van der Waals surface area contributed by atoms with Crippen LogP contribution in [-0.2, 0) is 11.3 Å². The molecule has 2 aromatic heterocycles. The molecule has 2 aromatic carbocycles. The number of nitrogens with zero attached hydrogens (tertiary/aromatic N) is 2. The fourth-order valence-corrected chi connectivity index (χ4v) is 3.43. The van der Waals surface area contributed by atoms with Crippen molar-refractivity contribution in [1.82, 2.24) is 15.6 Å². The zero-order valence-corrected chi connectivity index (χ0v) is 19.7. The molecule has 0 atom stereocenters. The minimum absolute atomic E-state index is 0.0710. The van der Waals surface area contributed by atoms with Crippen LogP contribution in [0.1, 0.15) is 21.7 Å². The lowest BCUT2D eigenvalue weighted by atomic mass is 10.1. The van der Waals surface area contributed by atoms with Crippen LogP contribution < -0.4 is 15.4 Å². The fraction of sp³-hybridized carbons (Fsp3) is 0.0741. The zero-order valence-electron chi connectivity index (χ0n) is 19.7. The SMILES string of the molecule is COc1ccc(C(=O)NC(=Cc2ccc(-c3ccccc3[N+](=O)[O-])o2)C(=O)NCc2ccncc2)cc1. The molecular formula is C27H22N4O6. The minimum Gasteiger partial charge on any atom is -0.497 e. The van der Waals surface area contributed by atoms with E-state index in [1.807, 2.05) is 0 Å². The van der Waals surface area contributed by atoms with E-state index >= 15 is 0 Å². The normalized spacial score (nSPS) is 11.0. The highest BCUT2D eigenvalue weighted by atomic mass is 16.6. The molecule has 0 fully saturated rings. The van der Waals surface area contributed by atoms with Gasteiger partial charge in [0.1, 0.15) is 23.0 Å². The number of pyridine rings is 1. The highest BCUT2D eigenvalue weighted by Crippen LogP contribution is 2.31. The van der Waals surface area contributed by atoms with Crippen LogP contribution in [0.15, 0.2) is 95.3 Å². The van der Waals surface area contributed by atoms with Crippen LogP contribution in [0.25, 0.3) is 17.4 Å². The third-order valence-electron chi connectivity index (χ3n) is 5.33. The monoisotopic (exact) mass is 498 g/mol. The first-order chi connectivity index (χ1) is 17.9. The largest absolute Gasteiger partial charge is 0.497 e. The molecule has 0 bridgehead atoms. The van der Waals surface area contributed by atoms with Crippen molar-refractivity contribution >= 4 is 23.6 Å². The number of amides is 2. The van der Waals surface area contributed by atoms with E-state index in [-0.39, 0.29) is 35.0 Å². The first kappa shape index (κ1) is 24.9. The summed E-state index contributed by atoms with van der Waals surface area (Å²) in [6, 6.07) is 19.2. The Morgan fingerprint density at radius 3 is 2.46 bits per heavy atom. The van der Waals surface area contributed by atoms with Gasteiger partial charge in [-0.3, -0.25) is 24.7 Å². The average molecular weight is 498 g/mol. The van der Waals surface area contributed by atoms with Crippen molar-refractivity contribution in [1.29, 1.82) is 0 Å². The number of benzene rings is 2. The maximum Gasteiger partial charge on any atom is 0.280 e. The van der Waals surface area contributed by atoms with Crippen molar-refractivity contribution in [3.8, 4) is 17.1 Å². The van der Waals surface area contributed by atoms with Gasteiger partial charge in [-0.15, -0.1) is 0 Å². The van der Waals surface area contributed by atoms with E-state index in [1.54, 1.807) is 79.1 Å². The van der Waals surface area contributed by atoms with E-state index in [0.717, 1.165) is 5.56 Å². The standard InChI is InChI=1S/C27H22N4O6/c1-36-20-8-6-19(7-9-20)26(32)30-23(27(33)29-17-18-12-14-28-15-13-18)16-21-10-11-25(37-21)22-4-2-3-5-24(22)31(34)35/h2-16H,17H2,1H3,(H,29,33)(H,30,32). The Morgan fingerprint density at radius 2 is 1.76 bits per heavy atom. The van der Waals surface area contributed by atoms with E-state index in [4.69, 9.17) is 9.15 Å². The Bertz CT molecular complexity index is 1450. The summed E-state index contributed by atoms with van der Waals surface area (Å²) in [4.78, 5) is 40.8. The molecule has 37 heavy (non-hydrogen) atoms. The first-order valence-electron chi connectivity index (χ1n) is 11.1. The molecule has 0 radical (unpaired) electrons. The number of nitro groups is 1. The Labute approximate surface area is 211 Å². The lowest BCUT2D eigenvalue weighted by Crippen LogP contribution is -2.34. The molecule has 2 amide bonds. The van der Waals surface area contributed by atoms with Crippen LogP contribution in [0, 0.1) is 10.1 Å². The van der Waals surface area contributed by atoms with Gasteiger partial charge in [-0.25, -0.2) is 0 Å². The number of carbonyl (C=O) groups is 2. The van der Waals surface area contributed by atoms with Gasteiger partial charge in [0.05, 0.1) is 17.6 Å². The Balaban J connectivity index is 1.61. The Morgan fingerprint density at radius 1 is 1.03 bits per heavy atom. The van der Waals surface area contributed by atoms with Crippen LogP contribution in [0.3, 0.4) is 0 Å². The number of rotatable bonds is 9. The average Bonchev–Trinajstić information content (AvgIpc) is 3.40. The van der Waals surface area contributed by atoms with E-state index in [2.05, 4.69) is 15.6 Å². The zero-order chi connectivity index (χ0) is 26.2. The van der Waals surface area contributed by atoms with Gasteiger partial charge in [0, 0.05) is 36.6 Å². The topological polar surface area (TPSA) is 137 Å². The van der Waals surface area contributed by atoms with E-state index in [9.17, 15) is 19.7 Å². The van der Waals surface area contributed by atoms with Gasteiger partial charge in [-0.05, 0) is 60.2 Å². The van der Waals surface area contributed by atoms with Gasteiger partial charge in [0.15, 0.2) is 0 Å². The summed E-state index contributed by atoms with van der Waals surface area (Å²) in [6.07, 6.45) is 4.58. The Hall–Kier alpha value is -5.25. The highest BCUT2D eigenvalue weighted by Gasteiger charge is 2.19. The molecule has 0 aliphatic carbocycles. The summed E-state index contributed by atoms with van der Waals surface area (Å²) < 4.78 is 10.9. The molecule has 10 heteroatoms. The van der Waals surface area contributed by atoms with Crippen molar-refractivity contribution in [2.24, 2.45) is 0 Å². The number of ether oxygens (including phenoxy) is 1. The number of hydrogen-bond acceptors (Lipinski definition) is 7. The van der Waals surface area contributed by atoms with Crippen LogP contribution in [0.2, 0.25) is 0 Å². The van der Waals surface area contributed by atoms with Crippen molar-refractivity contribution in [2.75, 3.05) is 7.11 Å². The van der Waals surface area contributed by atoms with Crippen LogP contribution in [0.4, 0.5) is 5.69 Å². The maximum atomic E-state index is 13.0. The first-order valence-corrected chi connectivity index (χ1v) is 11.1. The smallest absolute Gasteiger partial charge is 0.280 e. The van der Waals surface area contributed by atoms with Gasteiger partial charge >= 0.3 is 0 Å². The number of aromatic nitrogens is 1. The van der Waals surface area contributed by atoms with Crippen LogP contribution in [-0.4, -0.2) is 28.8 Å². The molecule has 0 aliphatic heterocycles. The molecular weight excluding hydrogens is 476 g/mol. The molecule has 0 saturated carbocycles. The second-order valence-corrected chi connectivity index (χ2v) is 7.76. The van der Waals surface area contributed by atoms with E-state index in [1.165, 1.54) is 19.3 Å². The number of para-hydroxylation sites is 1. The molecule has 0 aliphatic rings. The van der Waals surface area contributed by atoms with Gasteiger partial charge < -0.3 is 19.8 Å². The summed E-state index contributed by atoms with van der Waals surface area (Å²) in [5.41, 5.74) is 1.24. The fourth-order valence-electron chi connectivity index (χ4n) is 3.43. The molecule has 0 unspecified atom stereocenters. The molecule has 2 N–H and O–H groups in total. The van der Waals surface area contributed by atoms with Gasteiger partial charge in [0.25, 0.3) is 17.5 Å².